The molecule has 3 nitrogen and oxygen atoms in total. The van der Waals surface area contributed by atoms with Crippen LogP contribution in [0.25, 0.3) is 0 Å². The summed E-state index contributed by atoms with van der Waals surface area (Å²) in [6.07, 6.45) is 2.21. The molecule has 0 bridgehead atoms. The molecule has 1 aliphatic heterocycles. The number of nitrogens with one attached hydrogen (secondary N) is 1. The topological polar surface area (TPSA) is 30.5 Å². The maximum atomic E-state index is 5.61. The fourth-order valence-corrected chi connectivity index (χ4v) is 3.25. The summed E-state index contributed by atoms with van der Waals surface area (Å²) in [5.41, 5.74) is 2.45. The van der Waals surface area contributed by atoms with E-state index in [1.807, 2.05) is 0 Å². The van der Waals surface area contributed by atoms with Gasteiger partial charge in [-0.05, 0) is 49.9 Å². The maximum Gasteiger partial charge on any atom is 0.123 e. The van der Waals surface area contributed by atoms with Crippen LogP contribution in [0, 0.1) is 12.8 Å². The van der Waals surface area contributed by atoms with Crippen molar-refractivity contribution in [3.8, 4) is 5.75 Å². The van der Waals surface area contributed by atoms with E-state index in [4.69, 9.17) is 9.47 Å². The van der Waals surface area contributed by atoms with Crippen molar-refractivity contribution in [3.05, 3.63) is 27.7 Å². The Kier molecular flexibility index (Phi) is 5.87. The van der Waals surface area contributed by atoms with Gasteiger partial charge in [0.05, 0.1) is 7.11 Å². The van der Waals surface area contributed by atoms with Gasteiger partial charge in [0.15, 0.2) is 0 Å². The first-order valence-corrected chi connectivity index (χ1v) is 8.11. The Morgan fingerprint density at radius 2 is 2.10 bits per heavy atom. The molecule has 1 aromatic rings. The van der Waals surface area contributed by atoms with Gasteiger partial charge >= 0.3 is 0 Å². The van der Waals surface area contributed by atoms with E-state index in [2.05, 4.69) is 47.2 Å². The Labute approximate surface area is 130 Å². The van der Waals surface area contributed by atoms with Crippen LogP contribution in [0.5, 0.6) is 5.75 Å². The lowest BCUT2D eigenvalue weighted by atomic mass is 9.86. The molecule has 1 aromatic carbocycles. The van der Waals surface area contributed by atoms with Gasteiger partial charge in [-0.2, -0.15) is 0 Å². The largest absolute Gasteiger partial charge is 0.496 e. The van der Waals surface area contributed by atoms with Crippen molar-refractivity contribution in [2.45, 2.75) is 32.7 Å². The van der Waals surface area contributed by atoms with Gasteiger partial charge in [-0.25, -0.2) is 0 Å². The lowest BCUT2D eigenvalue weighted by Crippen LogP contribution is -2.32. The van der Waals surface area contributed by atoms with Crippen LogP contribution in [-0.4, -0.2) is 26.9 Å². The molecule has 1 saturated heterocycles. The number of ether oxygens (including phenoxy) is 2. The first-order chi connectivity index (χ1) is 9.67. The van der Waals surface area contributed by atoms with Crippen LogP contribution >= 0.6 is 15.9 Å². The molecular formula is C16H24BrNO2. The van der Waals surface area contributed by atoms with Crippen LogP contribution in [0.3, 0.4) is 0 Å². The molecule has 0 amide bonds. The third-order valence-electron chi connectivity index (χ3n) is 4.01. The first-order valence-electron chi connectivity index (χ1n) is 7.32. The summed E-state index contributed by atoms with van der Waals surface area (Å²) in [4.78, 5) is 0. The predicted octanol–water partition coefficient (Wildman–Crippen LogP) is 3.84. The Morgan fingerprint density at radius 3 is 2.70 bits per heavy atom. The quantitative estimate of drug-likeness (QED) is 0.882. The van der Waals surface area contributed by atoms with Crippen LogP contribution in [0.1, 0.15) is 36.9 Å². The lowest BCUT2D eigenvalue weighted by molar-refractivity contribution is 0.0535. The van der Waals surface area contributed by atoms with Gasteiger partial charge in [-0.1, -0.05) is 22.9 Å². The Hall–Kier alpha value is -0.580. The summed E-state index contributed by atoms with van der Waals surface area (Å²) in [6.45, 7) is 6.93. The van der Waals surface area contributed by atoms with Gasteiger partial charge in [-0.3, -0.25) is 0 Å². The molecular weight excluding hydrogens is 318 g/mol. The molecule has 0 aromatic heterocycles. The molecule has 1 fully saturated rings. The number of methoxy groups -OCH3 is 1. The molecule has 1 N–H and O–H groups in total. The summed E-state index contributed by atoms with van der Waals surface area (Å²) in [5, 5.41) is 3.63. The summed E-state index contributed by atoms with van der Waals surface area (Å²) >= 11 is 3.64. The monoisotopic (exact) mass is 341 g/mol. The zero-order valence-corrected chi connectivity index (χ0v) is 14.1. The summed E-state index contributed by atoms with van der Waals surface area (Å²) in [5.74, 6) is 1.58. The van der Waals surface area contributed by atoms with E-state index in [1.54, 1.807) is 7.11 Å². The van der Waals surface area contributed by atoms with Crippen molar-refractivity contribution in [1.29, 1.82) is 0 Å². The summed E-state index contributed by atoms with van der Waals surface area (Å²) in [6, 6.07) is 4.65. The first kappa shape index (κ1) is 15.8. The second-order valence-corrected chi connectivity index (χ2v) is 6.18. The van der Waals surface area contributed by atoms with Gasteiger partial charge < -0.3 is 14.8 Å². The Morgan fingerprint density at radius 1 is 1.40 bits per heavy atom. The molecule has 112 valence electrons. The summed E-state index contributed by atoms with van der Waals surface area (Å²) < 4.78 is 12.2. The number of benzene rings is 1. The highest BCUT2D eigenvalue weighted by molar-refractivity contribution is 9.10. The van der Waals surface area contributed by atoms with E-state index >= 15 is 0 Å². The van der Waals surface area contributed by atoms with Crippen molar-refractivity contribution < 1.29 is 9.47 Å². The van der Waals surface area contributed by atoms with Crippen molar-refractivity contribution in [3.63, 3.8) is 0 Å². The molecule has 1 atom stereocenters. The minimum atomic E-state index is 0.329. The average Bonchev–Trinajstić information content (AvgIpc) is 2.48. The molecule has 20 heavy (non-hydrogen) atoms. The average molecular weight is 342 g/mol. The van der Waals surface area contributed by atoms with E-state index in [0.29, 0.717) is 12.0 Å². The standard InChI is InChI=1S/C16H24BrNO2/c1-4-18-16(12-5-7-20-8-6-12)13-10-14(17)11(2)9-15(13)19-3/h9-10,12,16,18H,4-8H2,1-3H3. The molecule has 1 unspecified atom stereocenters. The Bertz CT molecular complexity index is 444. The zero-order valence-electron chi connectivity index (χ0n) is 12.5. The molecule has 2 rings (SSSR count). The SMILES string of the molecule is CCNC(c1cc(Br)c(C)cc1OC)C1CCOCC1. The molecule has 0 aliphatic carbocycles. The molecule has 1 aliphatic rings. The fourth-order valence-electron chi connectivity index (χ4n) is 2.89. The number of rotatable bonds is 5. The number of aryl methyl sites for hydroxylation is 1. The van der Waals surface area contributed by atoms with Crippen LogP contribution in [0.4, 0.5) is 0 Å². The van der Waals surface area contributed by atoms with Crippen LogP contribution in [-0.2, 0) is 4.74 Å². The number of hydrogen-bond acceptors (Lipinski definition) is 3. The van der Waals surface area contributed by atoms with Gasteiger partial charge in [0.2, 0.25) is 0 Å². The van der Waals surface area contributed by atoms with Crippen LogP contribution in [0.2, 0.25) is 0 Å². The highest BCUT2D eigenvalue weighted by Crippen LogP contribution is 2.37. The van der Waals surface area contributed by atoms with Crippen LogP contribution in [0.15, 0.2) is 16.6 Å². The van der Waals surface area contributed by atoms with Gasteiger partial charge in [0.25, 0.3) is 0 Å². The van der Waals surface area contributed by atoms with E-state index in [0.717, 1.165) is 42.8 Å². The minimum Gasteiger partial charge on any atom is -0.496 e. The molecule has 1 heterocycles. The van der Waals surface area contributed by atoms with Crippen molar-refractivity contribution in [2.75, 3.05) is 26.9 Å². The predicted molar refractivity (Wildman–Crippen MR) is 85.4 cm³/mol. The highest BCUT2D eigenvalue weighted by Gasteiger charge is 2.27. The smallest absolute Gasteiger partial charge is 0.123 e. The second kappa shape index (κ2) is 7.43. The molecule has 4 heteroatoms. The summed E-state index contributed by atoms with van der Waals surface area (Å²) in [7, 11) is 1.75. The zero-order chi connectivity index (χ0) is 14.5. The van der Waals surface area contributed by atoms with Gasteiger partial charge in [0, 0.05) is 29.3 Å². The van der Waals surface area contributed by atoms with Crippen LogP contribution < -0.4 is 10.1 Å². The third-order valence-corrected chi connectivity index (χ3v) is 4.86. The number of hydrogen-bond donors (Lipinski definition) is 1. The Balaban J connectivity index is 2.34. The third kappa shape index (κ3) is 3.54. The van der Waals surface area contributed by atoms with E-state index < -0.39 is 0 Å². The van der Waals surface area contributed by atoms with Gasteiger partial charge in [-0.15, -0.1) is 0 Å². The van der Waals surface area contributed by atoms with Crippen molar-refractivity contribution in [1.82, 2.24) is 5.32 Å². The fraction of sp³-hybridized carbons (Fsp3) is 0.625. The van der Waals surface area contributed by atoms with E-state index in [9.17, 15) is 0 Å². The van der Waals surface area contributed by atoms with Gasteiger partial charge in [0.1, 0.15) is 5.75 Å². The highest BCUT2D eigenvalue weighted by atomic mass is 79.9. The van der Waals surface area contributed by atoms with Crippen molar-refractivity contribution in [2.24, 2.45) is 5.92 Å². The van der Waals surface area contributed by atoms with E-state index in [-0.39, 0.29) is 0 Å². The maximum absolute atomic E-state index is 5.61. The molecule has 0 spiro atoms. The minimum absolute atomic E-state index is 0.329. The van der Waals surface area contributed by atoms with Crippen molar-refractivity contribution >= 4 is 15.9 Å². The second-order valence-electron chi connectivity index (χ2n) is 5.33. The molecule has 0 radical (unpaired) electrons. The van der Waals surface area contributed by atoms with E-state index in [1.165, 1.54) is 11.1 Å². The lowest BCUT2D eigenvalue weighted by Gasteiger charge is -2.32. The number of halogens is 1. The molecule has 0 saturated carbocycles. The normalized spacial score (nSPS) is 18.0.